The Morgan fingerprint density at radius 2 is 1.80 bits per heavy atom. The number of aliphatic carboxylic acids is 1. The van der Waals surface area contributed by atoms with Crippen LogP contribution in [0.1, 0.15) is 68.7 Å². The molecule has 6 nitrogen and oxygen atoms in total. The van der Waals surface area contributed by atoms with Gasteiger partial charge in [-0.3, -0.25) is 4.79 Å². The van der Waals surface area contributed by atoms with Gasteiger partial charge in [-0.25, -0.2) is 0 Å². The van der Waals surface area contributed by atoms with Crippen molar-refractivity contribution in [2.75, 3.05) is 33.9 Å². The number of nitrogens with zero attached hydrogens (tertiary/aromatic N) is 1. The van der Waals surface area contributed by atoms with E-state index in [1.807, 2.05) is 19.9 Å². The Hall–Kier alpha value is -2.57. The number of carboxylic acids is 1. The first-order chi connectivity index (χ1) is 16.8. The summed E-state index contributed by atoms with van der Waals surface area (Å²) in [5.41, 5.74) is 4.08. The Kier molecular flexibility index (Phi) is 9.20. The molecule has 0 aromatic heterocycles. The number of methoxy groups -OCH3 is 2. The van der Waals surface area contributed by atoms with Gasteiger partial charge >= 0.3 is 5.97 Å². The topological polar surface area (TPSA) is 68.2 Å². The van der Waals surface area contributed by atoms with Gasteiger partial charge in [0.2, 0.25) is 0 Å². The molecule has 0 bridgehead atoms. The summed E-state index contributed by atoms with van der Waals surface area (Å²) < 4.78 is 17.2. The molecule has 2 aromatic carbocycles. The van der Waals surface area contributed by atoms with Crippen molar-refractivity contribution in [3.05, 3.63) is 58.7 Å². The molecule has 0 aliphatic carbocycles. The smallest absolute Gasteiger partial charge is 0.310 e. The Bertz CT molecular complexity index is 995. The number of hydrogen-bond acceptors (Lipinski definition) is 5. The van der Waals surface area contributed by atoms with Crippen LogP contribution in [0.15, 0.2) is 36.4 Å². The molecule has 1 fully saturated rings. The van der Waals surface area contributed by atoms with Crippen LogP contribution in [0, 0.1) is 11.3 Å². The molecule has 192 valence electrons. The second-order valence-electron chi connectivity index (χ2n) is 9.94. The highest BCUT2D eigenvalue weighted by Crippen LogP contribution is 2.46. The minimum absolute atomic E-state index is 0.217. The van der Waals surface area contributed by atoms with Crippen LogP contribution in [0.4, 0.5) is 0 Å². The van der Waals surface area contributed by atoms with Gasteiger partial charge in [0.15, 0.2) is 0 Å². The molecule has 0 spiro atoms. The van der Waals surface area contributed by atoms with E-state index in [4.69, 9.17) is 14.2 Å². The molecule has 6 heteroatoms. The maximum Gasteiger partial charge on any atom is 0.310 e. The van der Waals surface area contributed by atoms with Crippen LogP contribution in [0.3, 0.4) is 0 Å². The molecule has 1 saturated heterocycles. The van der Waals surface area contributed by atoms with E-state index in [0.29, 0.717) is 25.7 Å². The first-order valence-electron chi connectivity index (χ1n) is 12.7. The number of carboxylic acid groups (broad SMARTS) is 1. The molecule has 1 N–H and O–H groups in total. The highest BCUT2D eigenvalue weighted by atomic mass is 16.5. The molecule has 0 saturated carbocycles. The van der Waals surface area contributed by atoms with Gasteiger partial charge in [0, 0.05) is 25.1 Å². The third-order valence-corrected chi connectivity index (χ3v) is 7.09. The van der Waals surface area contributed by atoms with Crippen LogP contribution in [0.5, 0.6) is 11.5 Å². The maximum atomic E-state index is 11.6. The molecular weight excluding hydrogens is 442 g/mol. The van der Waals surface area contributed by atoms with Crippen LogP contribution in [-0.4, -0.2) is 49.8 Å². The number of carbonyl (C=O) groups is 1. The fraction of sp³-hybridized carbons (Fsp3) is 0.552. The molecule has 4 rings (SSSR count). The number of piperidine rings is 1. The summed E-state index contributed by atoms with van der Waals surface area (Å²) in [7, 11) is 3.41. The Morgan fingerprint density at radius 1 is 1.09 bits per heavy atom. The van der Waals surface area contributed by atoms with E-state index in [9.17, 15) is 9.90 Å². The minimum atomic E-state index is -0.743. The number of benzene rings is 2. The molecule has 0 amide bonds. The summed E-state index contributed by atoms with van der Waals surface area (Å²) in [6.45, 7) is 11.1. The van der Waals surface area contributed by atoms with Gasteiger partial charge in [0.05, 0.1) is 19.1 Å². The lowest BCUT2D eigenvalue weighted by molar-refractivity contribution is -0.148. The zero-order valence-corrected chi connectivity index (χ0v) is 22.1. The van der Waals surface area contributed by atoms with Crippen molar-refractivity contribution in [3.8, 4) is 11.5 Å². The summed E-state index contributed by atoms with van der Waals surface area (Å²) in [4.78, 5) is 13.9. The quantitative estimate of drug-likeness (QED) is 0.544. The lowest BCUT2D eigenvalue weighted by Crippen LogP contribution is -2.43. The largest absolute Gasteiger partial charge is 0.497 e. The lowest BCUT2D eigenvalue weighted by Gasteiger charge is -2.39. The molecule has 0 radical (unpaired) electrons. The van der Waals surface area contributed by atoms with Crippen molar-refractivity contribution in [1.82, 2.24) is 4.90 Å². The first-order valence-corrected chi connectivity index (χ1v) is 12.7. The predicted octanol–water partition coefficient (Wildman–Crippen LogP) is 5.71. The van der Waals surface area contributed by atoms with Gasteiger partial charge in [-0.05, 0) is 86.7 Å². The summed E-state index contributed by atoms with van der Waals surface area (Å²) >= 11 is 0. The summed E-state index contributed by atoms with van der Waals surface area (Å²) in [5.74, 6) is 1.69. The number of ether oxygens (including phenoxy) is 3. The van der Waals surface area contributed by atoms with E-state index < -0.39 is 11.4 Å². The Balaban J connectivity index is 0.00000167. The van der Waals surface area contributed by atoms with Crippen LogP contribution < -0.4 is 9.47 Å². The normalized spacial score (nSPS) is 18.3. The van der Waals surface area contributed by atoms with Crippen LogP contribution in [0.2, 0.25) is 0 Å². The molecular formula is C29H41NO5. The van der Waals surface area contributed by atoms with Crippen LogP contribution in [-0.2, 0) is 22.7 Å². The molecule has 2 aromatic rings. The van der Waals surface area contributed by atoms with Crippen molar-refractivity contribution in [2.24, 2.45) is 11.3 Å². The summed E-state index contributed by atoms with van der Waals surface area (Å²) in [5, 5.41) is 9.53. The maximum absolute atomic E-state index is 11.6. The van der Waals surface area contributed by atoms with Crippen LogP contribution >= 0.6 is 0 Å². The van der Waals surface area contributed by atoms with Crippen molar-refractivity contribution in [3.63, 3.8) is 0 Å². The van der Waals surface area contributed by atoms with Crippen molar-refractivity contribution >= 4 is 5.97 Å². The molecule has 1 atom stereocenters. The number of fused-ring (bicyclic) bond motifs is 2. The van der Waals surface area contributed by atoms with E-state index >= 15 is 0 Å². The Morgan fingerprint density at radius 3 is 2.43 bits per heavy atom. The van der Waals surface area contributed by atoms with Gasteiger partial charge in [0.25, 0.3) is 0 Å². The highest BCUT2D eigenvalue weighted by Gasteiger charge is 2.36. The van der Waals surface area contributed by atoms with Gasteiger partial charge in [-0.15, -0.1) is 0 Å². The zero-order chi connectivity index (χ0) is 25.6. The third kappa shape index (κ3) is 6.17. The number of likely N-dealkylation sites (tertiary alicyclic amines) is 1. The first kappa shape index (κ1) is 27.0. The van der Waals surface area contributed by atoms with E-state index in [1.165, 1.54) is 16.7 Å². The summed E-state index contributed by atoms with van der Waals surface area (Å²) in [6.07, 6.45) is 2.03. The van der Waals surface area contributed by atoms with Crippen molar-refractivity contribution in [2.45, 2.75) is 59.7 Å². The van der Waals surface area contributed by atoms with Gasteiger partial charge < -0.3 is 24.2 Å². The predicted molar refractivity (Wildman–Crippen MR) is 138 cm³/mol. The zero-order valence-electron chi connectivity index (χ0n) is 22.1. The van der Waals surface area contributed by atoms with Crippen molar-refractivity contribution < 1.29 is 24.1 Å². The molecule has 2 aliphatic rings. The van der Waals surface area contributed by atoms with Crippen molar-refractivity contribution in [1.29, 1.82) is 0 Å². The molecule has 2 heterocycles. The SMILES string of the molecule is CC.COCc1ccc2c(c1)C(C1CCN(CC(C)(C)C(=O)O)CC1)c1ccc(OC)cc1CO2. The second kappa shape index (κ2) is 11.9. The average molecular weight is 484 g/mol. The van der Waals surface area contributed by atoms with E-state index in [2.05, 4.69) is 35.2 Å². The van der Waals surface area contributed by atoms with Gasteiger partial charge in [0.1, 0.15) is 18.1 Å². The van der Waals surface area contributed by atoms with E-state index in [-0.39, 0.29) is 5.92 Å². The fourth-order valence-corrected chi connectivity index (χ4v) is 5.27. The standard InChI is InChI=1S/C27H35NO5.C2H6/c1-27(2,26(29)30)17-28-11-9-19(10-12-28)25-22-7-6-21(32-4)14-20(22)16-33-24-8-5-18(15-31-3)13-23(24)25;1-2/h5-8,13-14,19,25H,9-12,15-17H2,1-4H3,(H,29,30);1-2H3. The third-order valence-electron chi connectivity index (χ3n) is 7.09. The molecule has 35 heavy (non-hydrogen) atoms. The van der Waals surface area contributed by atoms with Crippen LogP contribution in [0.25, 0.3) is 0 Å². The fourth-order valence-electron chi connectivity index (χ4n) is 5.27. The second-order valence-corrected chi connectivity index (χ2v) is 9.94. The van der Waals surface area contributed by atoms with E-state index in [1.54, 1.807) is 28.1 Å². The van der Waals surface area contributed by atoms with Gasteiger partial charge in [-0.1, -0.05) is 26.0 Å². The number of hydrogen-bond donors (Lipinski definition) is 1. The van der Waals surface area contributed by atoms with Gasteiger partial charge in [-0.2, -0.15) is 0 Å². The Labute approximate surface area is 210 Å². The lowest BCUT2D eigenvalue weighted by atomic mass is 9.74. The monoisotopic (exact) mass is 483 g/mol. The minimum Gasteiger partial charge on any atom is -0.497 e. The molecule has 1 unspecified atom stereocenters. The number of rotatable bonds is 7. The highest BCUT2D eigenvalue weighted by molar-refractivity contribution is 5.73. The molecule has 2 aliphatic heterocycles. The van der Waals surface area contributed by atoms with E-state index in [0.717, 1.165) is 43.0 Å². The average Bonchev–Trinajstić information content (AvgIpc) is 3.02. The summed E-state index contributed by atoms with van der Waals surface area (Å²) in [6, 6.07) is 12.7.